The minimum atomic E-state index is -1.71. The van der Waals surface area contributed by atoms with Crippen molar-refractivity contribution in [2.45, 2.75) is 66.1 Å². The molecule has 0 aromatic carbocycles. The molecule has 0 saturated carbocycles. The number of carbonyl (C=O) groups excluding carboxylic acids is 1. The van der Waals surface area contributed by atoms with E-state index in [4.69, 9.17) is 58.5 Å². The van der Waals surface area contributed by atoms with E-state index in [9.17, 15) is 9.90 Å². The first-order valence-corrected chi connectivity index (χ1v) is 9.49. The van der Waals surface area contributed by atoms with E-state index in [0.29, 0.717) is 6.42 Å². The molecule has 1 amide bonds. The molecule has 8 nitrogen and oxygen atoms in total. The molecule has 1 N–H and O–H groups in total. The first kappa shape index (κ1) is 19.3. The number of rotatable bonds is 1. The molecule has 6 atom stereocenters. The second-order valence-corrected chi connectivity index (χ2v) is 9.93. The van der Waals surface area contributed by atoms with Gasteiger partial charge in [0.05, 0.1) is 12.6 Å². The van der Waals surface area contributed by atoms with Crippen LogP contribution in [0.5, 0.6) is 0 Å². The fourth-order valence-electron chi connectivity index (χ4n) is 4.27. The fourth-order valence-corrected chi connectivity index (χ4v) is 4.43. The third-order valence-corrected chi connectivity index (χ3v) is 5.55. The van der Waals surface area contributed by atoms with Gasteiger partial charge in [-0.05, 0) is 20.3 Å². The number of amides is 1. The third kappa shape index (κ3) is 3.08. The van der Waals surface area contributed by atoms with Gasteiger partial charge in [-0.25, -0.2) is 4.79 Å². The van der Waals surface area contributed by atoms with Crippen LogP contribution in [0.4, 0.5) is 4.79 Å². The van der Waals surface area contributed by atoms with Crippen LogP contribution in [0, 0.1) is 0 Å². The van der Waals surface area contributed by atoms with Gasteiger partial charge in [-0.1, -0.05) is 34.8 Å². The molecule has 4 rings (SSSR count). The van der Waals surface area contributed by atoms with Crippen LogP contribution in [0.2, 0.25) is 0 Å². The molecule has 4 aliphatic heterocycles. The van der Waals surface area contributed by atoms with Gasteiger partial charge in [0.1, 0.15) is 30.5 Å². The van der Waals surface area contributed by atoms with Crippen LogP contribution >= 0.6 is 34.8 Å². The summed E-state index contributed by atoms with van der Waals surface area (Å²) < 4.78 is 27.2. The molecule has 11 heteroatoms. The maximum atomic E-state index is 12.5. The molecule has 0 spiro atoms. The zero-order chi connectivity index (χ0) is 18.9. The Bertz CT molecular complexity index is 600. The van der Waals surface area contributed by atoms with E-state index in [1.807, 2.05) is 0 Å². The van der Waals surface area contributed by atoms with Crippen molar-refractivity contribution in [2.24, 2.45) is 0 Å². The van der Waals surface area contributed by atoms with Crippen molar-refractivity contribution in [1.29, 1.82) is 0 Å². The summed E-state index contributed by atoms with van der Waals surface area (Å²) in [5, 5.41) is 10.5. The molecular formula is C15H20Cl3NO7. The molecule has 0 unspecified atom stereocenters. The molecule has 4 heterocycles. The summed E-state index contributed by atoms with van der Waals surface area (Å²) in [5.41, 5.74) is -0.783. The van der Waals surface area contributed by atoms with Crippen molar-refractivity contribution in [1.82, 2.24) is 4.90 Å². The van der Waals surface area contributed by atoms with Crippen molar-refractivity contribution in [3.63, 3.8) is 0 Å². The summed E-state index contributed by atoms with van der Waals surface area (Å²) in [7, 11) is 0. The highest BCUT2D eigenvalue weighted by atomic mass is 35.6. The Kier molecular flexibility index (Phi) is 4.61. The van der Waals surface area contributed by atoms with E-state index in [-0.39, 0.29) is 13.2 Å². The van der Waals surface area contributed by atoms with Crippen molar-refractivity contribution < 1.29 is 33.6 Å². The maximum absolute atomic E-state index is 12.5. The highest BCUT2D eigenvalue weighted by Gasteiger charge is 2.71. The van der Waals surface area contributed by atoms with Crippen LogP contribution in [0.3, 0.4) is 0 Å². The molecule has 0 radical (unpaired) electrons. The number of halogens is 3. The average molecular weight is 433 g/mol. The predicted molar refractivity (Wildman–Crippen MR) is 90.1 cm³/mol. The van der Waals surface area contributed by atoms with Crippen molar-refractivity contribution in [3.8, 4) is 0 Å². The Balaban J connectivity index is 1.55. The average Bonchev–Trinajstić information content (AvgIpc) is 2.98. The smallest absolute Gasteiger partial charge is 0.410 e. The number of nitrogens with zero attached hydrogens (tertiary/aromatic N) is 1. The van der Waals surface area contributed by atoms with Crippen LogP contribution in [0.1, 0.15) is 20.3 Å². The normalized spacial score (nSPS) is 43.8. The number of hydrogen-bond acceptors (Lipinski definition) is 7. The zero-order valence-corrected chi connectivity index (χ0v) is 16.5. The highest BCUT2D eigenvalue weighted by Crippen LogP contribution is 2.52. The summed E-state index contributed by atoms with van der Waals surface area (Å²) in [5.74, 6) is -0.787. The molecular weight excluding hydrogens is 413 g/mol. The van der Waals surface area contributed by atoms with Gasteiger partial charge in [0, 0.05) is 6.54 Å². The second kappa shape index (κ2) is 6.22. The Morgan fingerprint density at radius 1 is 1.31 bits per heavy atom. The lowest BCUT2D eigenvalue weighted by molar-refractivity contribution is -0.284. The lowest BCUT2D eigenvalue weighted by Crippen LogP contribution is -2.72. The Morgan fingerprint density at radius 3 is 2.73 bits per heavy atom. The lowest BCUT2D eigenvalue weighted by atomic mass is 9.77. The summed E-state index contributed by atoms with van der Waals surface area (Å²) in [6, 6.07) is -0.665. The Hall–Kier alpha value is -0.0600. The lowest BCUT2D eigenvalue weighted by Gasteiger charge is -2.53. The number of fused-ring (bicyclic) bond motifs is 1. The molecule has 4 aliphatic rings. The van der Waals surface area contributed by atoms with Gasteiger partial charge >= 0.3 is 6.09 Å². The topological polar surface area (TPSA) is 86.7 Å². The van der Waals surface area contributed by atoms with Gasteiger partial charge in [0.25, 0.3) is 0 Å². The number of carbonyl (C=O) groups is 1. The molecule has 2 bridgehead atoms. The first-order chi connectivity index (χ1) is 12.0. The number of ether oxygens (including phenoxy) is 5. The van der Waals surface area contributed by atoms with Gasteiger partial charge in [0.15, 0.2) is 12.1 Å². The van der Waals surface area contributed by atoms with Crippen LogP contribution < -0.4 is 0 Å². The molecule has 4 saturated heterocycles. The number of aliphatic hydroxyl groups is 1. The first-order valence-electron chi connectivity index (χ1n) is 8.36. The summed E-state index contributed by atoms with van der Waals surface area (Å²) >= 11 is 16.9. The number of likely N-dealkylation sites (tertiary alicyclic amines) is 1. The van der Waals surface area contributed by atoms with Crippen LogP contribution in [-0.2, 0) is 23.7 Å². The SMILES string of the molecule is CC1(C)O[C@H]2O[C@@H]3[C@@H]4[C@@H](O)CO[C@@]3(CCN4C(=O)OCC(Cl)(Cl)Cl)[C@H]2O1. The third-order valence-electron chi connectivity index (χ3n) is 5.23. The number of piperidine rings is 1. The van der Waals surface area contributed by atoms with Gasteiger partial charge in [-0.3, -0.25) is 4.90 Å². The van der Waals surface area contributed by atoms with E-state index in [1.165, 1.54) is 4.90 Å². The van der Waals surface area contributed by atoms with Crippen molar-refractivity contribution in [2.75, 3.05) is 19.8 Å². The summed E-state index contributed by atoms with van der Waals surface area (Å²) in [6.45, 7) is 3.55. The van der Waals surface area contributed by atoms with E-state index < -0.39 is 58.5 Å². The largest absolute Gasteiger partial charge is 0.445 e. The molecule has 4 fully saturated rings. The minimum absolute atomic E-state index is 0.0474. The van der Waals surface area contributed by atoms with Gasteiger partial charge in [-0.15, -0.1) is 0 Å². The number of hydrogen-bond donors (Lipinski definition) is 1. The highest BCUT2D eigenvalue weighted by molar-refractivity contribution is 6.67. The predicted octanol–water partition coefficient (Wildman–Crippen LogP) is 1.57. The monoisotopic (exact) mass is 431 g/mol. The van der Waals surface area contributed by atoms with E-state index in [0.717, 1.165) is 0 Å². The van der Waals surface area contributed by atoms with Gasteiger partial charge in [0.2, 0.25) is 3.79 Å². The molecule has 0 aromatic heterocycles. The molecule has 26 heavy (non-hydrogen) atoms. The summed E-state index contributed by atoms with van der Waals surface area (Å²) in [4.78, 5) is 13.9. The number of aliphatic hydroxyl groups excluding tert-OH is 1. The second-order valence-electron chi connectivity index (χ2n) is 7.42. The number of alkyl halides is 3. The Labute approximate surface area is 165 Å². The van der Waals surface area contributed by atoms with E-state index in [2.05, 4.69) is 0 Å². The van der Waals surface area contributed by atoms with Crippen molar-refractivity contribution in [3.05, 3.63) is 0 Å². The summed E-state index contributed by atoms with van der Waals surface area (Å²) in [6.07, 6.45) is -2.84. The molecule has 0 aliphatic carbocycles. The Morgan fingerprint density at radius 2 is 2.04 bits per heavy atom. The zero-order valence-electron chi connectivity index (χ0n) is 14.2. The van der Waals surface area contributed by atoms with Crippen LogP contribution in [-0.4, -0.2) is 81.7 Å². The van der Waals surface area contributed by atoms with Crippen molar-refractivity contribution >= 4 is 40.9 Å². The molecule has 0 aromatic rings. The van der Waals surface area contributed by atoms with Crippen LogP contribution in [0.25, 0.3) is 0 Å². The van der Waals surface area contributed by atoms with Crippen LogP contribution in [0.15, 0.2) is 0 Å². The molecule has 148 valence electrons. The van der Waals surface area contributed by atoms with E-state index >= 15 is 0 Å². The van der Waals surface area contributed by atoms with Gasteiger partial charge < -0.3 is 28.8 Å². The fraction of sp³-hybridized carbons (Fsp3) is 0.933. The quantitative estimate of drug-likeness (QED) is 0.629. The van der Waals surface area contributed by atoms with Gasteiger partial charge in [-0.2, -0.15) is 0 Å². The standard InChI is InChI=1S/C15H20Cl3NO7/c1-13(2)25-10-11(26-13)24-9-8-7(20)5-23-14(9,10)3-4-19(8)12(21)22-6-15(16,17)18/h7-11,20H,3-6H2,1-2H3/t7-,8-,9+,10-,11+,14+/m0/s1. The maximum Gasteiger partial charge on any atom is 0.410 e. The van der Waals surface area contributed by atoms with E-state index in [1.54, 1.807) is 13.8 Å². The minimum Gasteiger partial charge on any atom is -0.445 e.